The summed E-state index contributed by atoms with van der Waals surface area (Å²) >= 11 is 0. The van der Waals surface area contributed by atoms with Crippen molar-refractivity contribution < 1.29 is 4.79 Å². The van der Waals surface area contributed by atoms with Gasteiger partial charge in [0.1, 0.15) is 0 Å². The fraction of sp³-hybridized carbons (Fsp3) is 0.333. The minimum Gasteiger partial charge on any atom is -0.305 e. The van der Waals surface area contributed by atoms with Crippen LogP contribution in [0.4, 0.5) is 0 Å². The first-order valence-electron chi connectivity index (χ1n) is 7.33. The van der Waals surface area contributed by atoms with Crippen molar-refractivity contribution in [2.75, 3.05) is 0 Å². The van der Waals surface area contributed by atoms with Crippen LogP contribution in [0.15, 0.2) is 35.1 Å². The van der Waals surface area contributed by atoms with Gasteiger partial charge in [-0.05, 0) is 51.3 Å². The van der Waals surface area contributed by atoms with Gasteiger partial charge in [-0.15, -0.1) is 0 Å². The molecule has 3 rings (SSSR count). The summed E-state index contributed by atoms with van der Waals surface area (Å²) in [5.74, 6) is -0.165. The van der Waals surface area contributed by atoms with Gasteiger partial charge < -0.3 is 4.57 Å². The number of rotatable bonds is 3. The van der Waals surface area contributed by atoms with Crippen molar-refractivity contribution >= 4 is 5.78 Å². The zero-order chi connectivity index (χ0) is 15.1. The number of benzene rings is 1. The quantitative estimate of drug-likeness (QED) is 0.805. The van der Waals surface area contributed by atoms with E-state index in [1.54, 1.807) is 6.07 Å². The van der Waals surface area contributed by atoms with Crippen molar-refractivity contribution in [1.82, 2.24) is 4.57 Å². The third-order valence-corrected chi connectivity index (χ3v) is 4.07. The Kier molecular flexibility index (Phi) is 3.28. The molecule has 1 aromatic heterocycles. The zero-order valence-electron chi connectivity index (χ0n) is 12.6. The summed E-state index contributed by atoms with van der Waals surface area (Å²) in [7, 11) is 0. The number of aromatic nitrogens is 1. The summed E-state index contributed by atoms with van der Waals surface area (Å²) < 4.78 is 1.81. The molecular formula is C18H19NO2. The minimum absolute atomic E-state index is 0.150. The van der Waals surface area contributed by atoms with E-state index >= 15 is 0 Å². The third-order valence-electron chi connectivity index (χ3n) is 4.07. The molecule has 0 bridgehead atoms. The van der Waals surface area contributed by atoms with Gasteiger partial charge in [0.25, 0.3) is 5.56 Å². The van der Waals surface area contributed by atoms with Crippen LogP contribution in [0.1, 0.15) is 47.3 Å². The summed E-state index contributed by atoms with van der Waals surface area (Å²) in [4.78, 5) is 24.2. The van der Waals surface area contributed by atoms with Crippen molar-refractivity contribution in [2.24, 2.45) is 0 Å². The molecule has 0 amide bonds. The van der Waals surface area contributed by atoms with E-state index in [4.69, 9.17) is 0 Å². The second kappa shape index (κ2) is 4.99. The maximum Gasteiger partial charge on any atom is 0.262 e. The number of Topliss-reactive ketones (excluding diaryl/α,β-unsaturated/α-hetero) is 1. The standard InChI is InChI=1S/C18H19NO2/c1-11-4-7-15(12(2)10-11)17-9-8-16(13(3)20)18(21)19(17)14-5-6-14/h4,7-10,14H,5-6H2,1-3H3. The van der Waals surface area contributed by atoms with Crippen molar-refractivity contribution in [3.8, 4) is 11.3 Å². The average molecular weight is 281 g/mol. The zero-order valence-corrected chi connectivity index (χ0v) is 12.6. The Morgan fingerprint density at radius 1 is 1.14 bits per heavy atom. The van der Waals surface area contributed by atoms with Gasteiger partial charge in [-0.1, -0.05) is 23.8 Å². The number of hydrogen-bond donors (Lipinski definition) is 0. The lowest BCUT2D eigenvalue weighted by molar-refractivity contribution is 0.101. The second-order valence-electron chi connectivity index (χ2n) is 5.91. The van der Waals surface area contributed by atoms with Crippen LogP contribution in [-0.2, 0) is 0 Å². The van der Waals surface area contributed by atoms with E-state index in [-0.39, 0.29) is 22.9 Å². The Balaban J connectivity index is 2.25. The molecule has 3 heteroatoms. The number of ketones is 1. The van der Waals surface area contributed by atoms with Crippen molar-refractivity contribution in [1.29, 1.82) is 0 Å². The second-order valence-corrected chi connectivity index (χ2v) is 5.91. The Bertz CT molecular complexity index is 782. The molecule has 0 unspecified atom stereocenters. The maximum atomic E-state index is 12.6. The van der Waals surface area contributed by atoms with E-state index in [1.165, 1.54) is 12.5 Å². The van der Waals surface area contributed by atoms with Gasteiger partial charge in [0.2, 0.25) is 0 Å². The number of aryl methyl sites for hydroxylation is 2. The number of nitrogens with zero attached hydrogens (tertiary/aromatic N) is 1. The van der Waals surface area contributed by atoms with E-state index < -0.39 is 0 Å². The largest absolute Gasteiger partial charge is 0.305 e. The van der Waals surface area contributed by atoms with Gasteiger partial charge in [0, 0.05) is 11.6 Å². The Morgan fingerprint density at radius 2 is 1.86 bits per heavy atom. The minimum atomic E-state index is -0.165. The number of carbonyl (C=O) groups excluding carboxylic acids is 1. The first kappa shape index (κ1) is 13.8. The fourth-order valence-electron chi connectivity index (χ4n) is 2.84. The molecular weight excluding hydrogens is 262 g/mol. The van der Waals surface area contributed by atoms with Gasteiger partial charge in [-0.2, -0.15) is 0 Å². The molecule has 1 saturated carbocycles. The number of carbonyl (C=O) groups is 1. The number of pyridine rings is 1. The molecule has 0 spiro atoms. The van der Waals surface area contributed by atoms with Gasteiger partial charge in [0.15, 0.2) is 5.78 Å². The smallest absolute Gasteiger partial charge is 0.262 e. The van der Waals surface area contributed by atoms with Crippen LogP contribution in [0.2, 0.25) is 0 Å². The van der Waals surface area contributed by atoms with E-state index in [0.717, 1.165) is 29.7 Å². The Labute approximate surface area is 124 Å². The first-order valence-corrected chi connectivity index (χ1v) is 7.33. The highest BCUT2D eigenvalue weighted by Gasteiger charge is 2.28. The molecule has 0 saturated heterocycles. The lowest BCUT2D eigenvalue weighted by atomic mass is 10.0. The monoisotopic (exact) mass is 281 g/mol. The Hall–Kier alpha value is -2.16. The molecule has 1 aliphatic carbocycles. The molecule has 1 aliphatic rings. The summed E-state index contributed by atoms with van der Waals surface area (Å²) in [6.45, 7) is 5.57. The highest BCUT2D eigenvalue weighted by molar-refractivity contribution is 5.94. The molecule has 0 atom stereocenters. The maximum absolute atomic E-state index is 12.6. The third kappa shape index (κ3) is 2.44. The predicted octanol–water partition coefficient (Wildman–Crippen LogP) is 3.67. The van der Waals surface area contributed by atoms with Crippen LogP contribution in [-0.4, -0.2) is 10.4 Å². The molecule has 1 aromatic carbocycles. The summed E-state index contributed by atoms with van der Waals surface area (Å²) in [5.41, 5.74) is 4.49. The molecule has 3 nitrogen and oxygen atoms in total. The molecule has 0 radical (unpaired) electrons. The number of hydrogen-bond acceptors (Lipinski definition) is 2. The van der Waals surface area contributed by atoms with Gasteiger partial charge in [-0.25, -0.2) is 0 Å². The first-order chi connectivity index (χ1) is 9.99. The molecule has 0 aliphatic heterocycles. The molecule has 2 aromatic rings. The van der Waals surface area contributed by atoms with Gasteiger partial charge in [0.05, 0.1) is 11.3 Å². The normalized spacial score (nSPS) is 14.2. The van der Waals surface area contributed by atoms with E-state index in [1.807, 2.05) is 10.6 Å². The predicted molar refractivity (Wildman–Crippen MR) is 83.9 cm³/mol. The van der Waals surface area contributed by atoms with Gasteiger partial charge in [-0.3, -0.25) is 9.59 Å². The van der Waals surface area contributed by atoms with Crippen molar-refractivity contribution in [2.45, 2.75) is 39.7 Å². The average Bonchev–Trinajstić information content (AvgIpc) is 3.22. The lowest BCUT2D eigenvalue weighted by Gasteiger charge is -2.15. The Morgan fingerprint density at radius 3 is 2.43 bits per heavy atom. The topological polar surface area (TPSA) is 39.1 Å². The summed E-state index contributed by atoms with van der Waals surface area (Å²) in [6.07, 6.45) is 2.03. The van der Waals surface area contributed by atoms with Crippen LogP contribution in [0.3, 0.4) is 0 Å². The van der Waals surface area contributed by atoms with Crippen LogP contribution in [0, 0.1) is 13.8 Å². The highest BCUT2D eigenvalue weighted by Crippen LogP contribution is 2.37. The lowest BCUT2D eigenvalue weighted by Crippen LogP contribution is -2.26. The molecule has 0 N–H and O–H groups in total. The van der Waals surface area contributed by atoms with Gasteiger partial charge >= 0.3 is 0 Å². The highest BCUT2D eigenvalue weighted by atomic mass is 16.1. The van der Waals surface area contributed by atoms with Crippen molar-refractivity contribution in [3.63, 3.8) is 0 Å². The van der Waals surface area contributed by atoms with E-state index in [0.29, 0.717) is 0 Å². The van der Waals surface area contributed by atoms with Crippen LogP contribution in [0.5, 0.6) is 0 Å². The van der Waals surface area contributed by atoms with Crippen LogP contribution in [0.25, 0.3) is 11.3 Å². The van der Waals surface area contributed by atoms with E-state index in [9.17, 15) is 9.59 Å². The SMILES string of the molecule is CC(=O)c1ccc(-c2ccc(C)cc2C)n(C2CC2)c1=O. The van der Waals surface area contributed by atoms with E-state index in [2.05, 4.69) is 32.0 Å². The molecule has 108 valence electrons. The summed E-state index contributed by atoms with van der Waals surface area (Å²) in [5, 5.41) is 0. The fourth-order valence-corrected chi connectivity index (χ4v) is 2.84. The van der Waals surface area contributed by atoms with Crippen LogP contribution < -0.4 is 5.56 Å². The van der Waals surface area contributed by atoms with Crippen molar-refractivity contribution in [3.05, 3.63) is 57.4 Å². The molecule has 1 fully saturated rings. The molecule has 21 heavy (non-hydrogen) atoms. The van der Waals surface area contributed by atoms with Crippen LogP contribution >= 0.6 is 0 Å². The molecule has 1 heterocycles. The summed E-state index contributed by atoms with van der Waals surface area (Å²) in [6, 6.07) is 10.1.